The highest BCUT2D eigenvalue weighted by Gasteiger charge is 2.09. The van der Waals surface area contributed by atoms with Gasteiger partial charge in [-0.1, -0.05) is 17.7 Å². The predicted octanol–water partition coefficient (Wildman–Crippen LogP) is 2.31. The highest BCUT2D eigenvalue weighted by Crippen LogP contribution is 2.20. The molecule has 20 heavy (non-hydrogen) atoms. The van der Waals surface area contributed by atoms with Crippen LogP contribution < -0.4 is 5.32 Å². The summed E-state index contributed by atoms with van der Waals surface area (Å²) in [4.78, 5) is 11.3. The van der Waals surface area contributed by atoms with Gasteiger partial charge < -0.3 is 10.1 Å². The fourth-order valence-electron chi connectivity index (χ4n) is 1.69. The summed E-state index contributed by atoms with van der Waals surface area (Å²) in [5.74, 6) is -0.672. The van der Waals surface area contributed by atoms with Crippen molar-refractivity contribution in [2.75, 3.05) is 19.0 Å². The van der Waals surface area contributed by atoms with Crippen LogP contribution in [0.1, 0.15) is 5.56 Å². The third-order valence-electron chi connectivity index (χ3n) is 2.57. The predicted molar refractivity (Wildman–Crippen MR) is 73.2 cm³/mol. The smallest absolute Gasteiger partial charge is 0.250 e. The van der Waals surface area contributed by atoms with E-state index in [4.69, 9.17) is 16.3 Å². The molecule has 7 heteroatoms. The Morgan fingerprint density at radius 3 is 3.05 bits per heavy atom. The Bertz CT molecular complexity index is 595. The maximum atomic E-state index is 13.6. The van der Waals surface area contributed by atoms with Crippen molar-refractivity contribution in [3.8, 4) is 0 Å². The van der Waals surface area contributed by atoms with E-state index in [2.05, 4.69) is 10.4 Å². The molecular formula is C13H13ClFN3O2. The lowest BCUT2D eigenvalue weighted by Gasteiger charge is -2.05. The number of nitrogens with one attached hydrogen (secondary N) is 1. The van der Waals surface area contributed by atoms with Crippen molar-refractivity contribution in [2.45, 2.75) is 6.54 Å². The molecule has 0 fully saturated rings. The molecule has 0 radical (unpaired) electrons. The van der Waals surface area contributed by atoms with Crippen molar-refractivity contribution in [2.24, 2.45) is 0 Å². The minimum absolute atomic E-state index is 0.0374. The molecule has 1 aromatic carbocycles. The van der Waals surface area contributed by atoms with E-state index in [-0.39, 0.29) is 19.1 Å². The lowest BCUT2D eigenvalue weighted by Crippen LogP contribution is -2.16. The zero-order valence-electron chi connectivity index (χ0n) is 10.8. The Balaban J connectivity index is 2.08. The zero-order valence-corrected chi connectivity index (χ0v) is 11.5. The Labute approximate surface area is 120 Å². The third kappa shape index (κ3) is 3.55. The van der Waals surface area contributed by atoms with Crippen molar-refractivity contribution in [1.29, 1.82) is 0 Å². The molecule has 1 aromatic heterocycles. The molecule has 0 saturated carbocycles. The van der Waals surface area contributed by atoms with E-state index in [0.717, 1.165) is 0 Å². The van der Waals surface area contributed by atoms with Crippen molar-refractivity contribution in [3.63, 3.8) is 0 Å². The van der Waals surface area contributed by atoms with E-state index in [1.165, 1.54) is 24.1 Å². The normalized spacial score (nSPS) is 10.6. The second-order valence-electron chi connectivity index (χ2n) is 4.11. The lowest BCUT2D eigenvalue weighted by molar-refractivity contribution is -0.119. The number of anilines is 1. The molecule has 0 unspecified atom stereocenters. The van der Waals surface area contributed by atoms with Crippen LogP contribution in [0.2, 0.25) is 5.02 Å². The molecule has 0 bridgehead atoms. The van der Waals surface area contributed by atoms with Crippen molar-refractivity contribution >= 4 is 23.2 Å². The van der Waals surface area contributed by atoms with Gasteiger partial charge in [-0.05, 0) is 12.1 Å². The molecule has 1 amide bonds. The maximum absolute atomic E-state index is 13.6. The number of hydrogen-bond donors (Lipinski definition) is 1. The molecule has 106 valence electrons. The zero-order chi connectivity index (χ0) is 14.5. The fourth-order valence-corrected chi connectivity index (χ4v) is 1.91. The summed E-state index contributed by atoms with van der Waals surface area (Å²) in [6.07, 6.45) is 3.07. The van der Waals surface area contributed by atoms with E-state index < -0.39 is 5.82 Å². The number of carbonyl (C=O) groups is 1. The number of halogens is 2. The molecule has 0 spiro atoms. The number of methoxy groups -OCH3 is 1. The standard InChI is InChI=1S/C13H13ClFN3O2/c1-20-8-13(19)17-9-5-16-18(6-9)7-10-11(14)3-2-4-12(10)15/h2-6H,7-8H2,1H3,(H,17,19). The molecule has 5 nitrogen and oxygen atoms in total. The number of hydrogen-bond acceptors (Lipinski definition) is 3. The van der Waals surface area contributed by atoms with Gasteiger partial charge in [0, 0.05) is 23.9 Å². The quantitative estimate of drug-likeness (QED) is 0.921. The minimum Gasteiger partial charge on any atom is -0.375 e. The number of benzene rings is 1. The number of nitrogens with zero attached hydrogens (tertiary/aromatic N) is 2. The average Bonchev–Trinajstić information content (AvgIpc) is 2.82. The number of rotatable bonds is 5. The van der Waals surface area contributed by atoms with E-state index in [0.29, 0.717) is 16.3 Å². The maximum Gasteiger partial charge on any atom is 0.250 e. The van der Waals surface area contributed by atoms with Crippen LogP contribution in [-0.2, 0) is 16.1 Å². The summed E-state index contributed by atoms with van der Waals surface area (Å²) in [5.41, 5.74) is 0.867. The van der Waals surface area contributed by atoms with Gasteiger partial charge in [0.05, 0.1) is 18.4 Å². The van der Waals surface area contributed by atoms with Crippen LogP contribution in [0.4, 0.5) is 10.1 Å². The molecule has 2 aromatic rings. The fraction of sp³-hybridized carbons (Fsp3) is 0.231. The Morgan fingerprint density at radius 1 is 1.55 bits per heavy atom. The van der Waals surface area contributed by atoms with Gasteiger partial charge in [0.15, 0.2) is 0 Å². The monoisotopic (exact) mass is 297 g/mol. The topological polar surface area (TPSA) is 56.1 Å². The molecule has 1 N–H and O–H groups in total. The average molecular weight is 298 g/mol. The molecule has 0 atom stereocenters. The van der Waals surface area contributed by atoms with Crippen LogP contribution in [-0.4, -0.2) is 29.4 Å². The third-order valence-corrected chi connectivity index (χ3v) is 2.93. The molecule has 0 aliphatic carbocycles. The van der Waals surface area contributed by atoms with E-state index in [9.17, 15) is 9.18 Å². The largest absolute Gasteiger partial charge is 0.375 e. The Kier molecular flexibility index (Phi) is 4.70. The first-order chi connectivity index (χ1) is 9.60. The SMILES string of the molecule is COCC(=O)Nc1cnn(Cc2c(F)cccc2Cl)c1. The Morgan fingerprint density at radius 2 is 2.35 bits per heavy atom. The van der Waals surface area contributed by atoms with Gasteiger partial charge in [-0.3, -0.25) is 9.48 Å². The number of amides is 1. The van der Waals surface area contributed by atoms with Crippen LogP contribution in [0.25, 0.3) is 0 Å². The number of ether oxygens (including phenoxy) is 1. The molecule has 0 aliphatic rings. The summed E-state index contributed by atoms with van der Waals surface area (Å²) in [5, 5.41) is 6.99. The van der Waals surface area contributed by atoms with E-state index in [1.54, 1.807) is 18.3 Å². The van der Waals surface area contributed by atoms with Crippen molar-refractivity contribution in [3.05, 3.63) is 47.0 Å². The van der Waals surface area contributed by atoms with Gasteiger partial charge >= 0.3 is 0 Å². The molecule has 1 heterocycles. The van der Waals surface area contributed by atoms with Gasteiger partial charge in [0.1, 0.15) is 12.4 Å². The second-order valence-corrected chi connectivity index (χ2v) is 4.52. The van der Waals surface area contributed by atoms with Gasteiger partial charge in [-0.2, -0.15) is 5.10 Å². The van der Waals surface area contributed by atoms with E-state index >= 15 is 0 Å². The number of carbonyl (C=O) groups excluding carboxylic acids is 1. The van der Waals surface area contributed by atoms with Crippen molar-refractivity contribution in [1.82, 2.24) is 9.78 Å². The molecule has 2 rings (SSSR count). The highest BCUT2D eigenvalue weighted by atomic mass is 35.5. The van der Waals surface area contributed by atoms with Crippen LogP contribution in [0.15, 0.2) is 30.6 Å². The van der Waals surface area contributed by atoms with E-state index in [1.807, 2.05) is 0 Å². The Hall–Kier alpha value is -1.92. The molecular weight excluding hydrogens is 285 g/mol. The molecule has 0 saturated heterocycles. The van der Waals surface area contributed by atoms with Crippen LogP contribution in [0.5, 0.6) is 0 Å². The van der Waals surface area contributed by atoms with Crippen molar-refractivity contribution < 1.29 is 13.9 Å². The first-order valence-corrected chi connectivity index (χ1v) is 6.22. The molecule has 0 aliphatic heterocycles. The van der Waals surface area contributed by atoms with Gasteiger partial charge in [-0.25, -0.2) is 4.39 Å². The summed E-state index contributed by atoms with van der Waals surface area (Å²) in [7, 11) is 1.43. The minimum atomic E-state index is -0.391. The highest BCUT2D eigenvalue weighted by molar-refractivity contribution is 6.31. The summed E-state index contributed by atoms with van der Waals surface area (Å²) < 4.78 is 19.8. The summed E-state index contributed by atoms with van der Waals surface area (Å²) in [6, 6.07) is 4.50. The summed E-state index contributed by atoms with van der Waals surface area (Å²) in [6.45, 7) is 0.149. The first-order valence-electron chi connectivity index (χ1n) is 5.84. The van der Waals surface area contributed by atoms with Gasteiger partial charge in [-0.15, -0.1) is 0 Å². The van der Waals surface area contributed by atoms with Crippen LogP contribution >= 0.6 is 11.6 Å². The first kappa shape index (κ1) is 14.5. The number of aromatic nitrogens is 2. The van der Waals surface area contributed by atoms with Crippen LogP contribution in [0.3, 0.4) is 0 Å². The van der Waals surface area contributed by atoms with Gasteiger partial charge in [0.25, 0.3) is 0 Å². The lowest BCUT2D eigenvalue weighted by atomic mass is 10.2. The van der Waals surface area contributed by atoms with Crippen LogP contribution in [0, 0.1) is 5.82 Å². The van der Waals surface area contributed by atoms with Gasteiger partial charge in [0.2, 0.25) is 5.91 Å². The second kappa shape index (κ2) is 6.49. The summed E-state index contributed by atoms with van der Waals surface area (Å²) >= 11 is 5.94.